The van der Waals surface area contributed by atoms with Gasteiger partial charge in [-0.25, -0.2) is 11.6 Å². The van der Waals surface area contributed by atoms with Gasteiger partial charge in [0.2, 0.25) is 0 Å². The fourth-order valence-corrected chi connectivity index (χ4v) is 1.88. The third-order valence-electron chi connectivity index (χ3n) is 2.57. The van der Waals surface area contributed by atoms with Crippen LogP contribution in [0.4, 0.5) is 0 Å². The van der Waals surface area contributed by atoms with E-state index < -0.39 is 0 Å². The smallest absolute Gasteiger partial charge is 0.0277 e. The van der Waals surface area contributed by atoms with Crippen molar-refractivity contribution in [2.45, 2.75) is 46.0 Å². The lowest BCUT2D eigenvalue weighted by Gasteiger charge is -2.13. The molecular formula is C13H18Cl-. The van der Waals surface area contributed by atoms with Gasteiger partial charge in [-0.1, -0.05) is 38.7 Å². The summed E-state index contributed by atoms with van der Waals surface area (Å²) in [6.45, 7) is 4.27. The second-order valence-electron chi connectivity index (χ2n) is 3.74. The van der Waals surface area contributed by atoms with Crippen molar-refractivity contribution in [3.63, 3.8) is 0 Å². The Balaban J connectivity index is 2.83. The highest BCUT2D eigenvalue weighted by molar-refractivity contribution is 6.25. The number of halogens is 1. The quantitative estimate of drug-likeness (QED) is 0.464. The molecule has 0 heterocycles. The van der Waals surface area contributed by atoms with E-state index in [-0.39, 0.29) is 0 Å². The summed E-state index contributed by atoms with van der Waals surface area (Å²) in [6.07, 6.45) is 8.05. The van der Waals surface area contributed by atoms with Crippen LogP contribution >= 0.6 is 11.6 Å². The first-order valence-corrected chi connectivity index (χ1v) is 5.80. The predicted molar refractivity (Wildman–Crippen MR) is 63.2 cm³/mol. The SMILES string of the molecule is CCCC=C=C1CCC/C1=C(\C)[CH-]Cl. The molecular weight excluding hydrogens is 192 g/mol. The Morgan fingerprint density at radius 3 is 3.00 bits per heavy atom. The van der Waals surface area contributed by atoms with Gasteiger partial charge in [0.1, 0.15) is 0 Å². The summed E-state index contributed by atoms with van der Waals surface area (Å²) in [5.41, 5.74) is 7.39. The van der Waals surface area contributed by atoms with Crippen LogP contribution in [0.5, 0.6) is 0 Å². The molecule has 0 aromatic heterocycles. The lowest BCUT2D eigenvalue weighted by Crippen LogP contribution is -1.83. The minimum absolute atomic E-state index is 1.13. The average molecular weight is 210 g/mol. The second kappa shape index (κ2) is 6.01. The number of unbranched alkanes of at least 4 members (excludes halogenated alkanes) is 1. The molecule has 78 valence electrons. The van der Waals surface area contributed by atoms with Crippen molar-refractivity contribution in [2.24, 2.45) is 0 Å². The molecule has 1 fully saturated rings. The summed E-state index contributed by atoms with van der Waals surface area (Å²) in [7, 11) is 0. The van der Waals surface area contributed by atoms with Gasteiger partial charge in [0, 0.05) is 0 Å². The van der Waals surface area contributed by atoms with Crippen molar-refractivity contribution in [1.82, 2.24) is 0 Å². The first kappa shape index (κ1) is 11.5. The van der Waals surface area contributed by atoms with Crippen LogP contribution in [0.25, 0.3) is 0 Å². The highest BCUT2D eigenvalue weighted by Crippen LogP contribution is 2.33. The maximum absolute atomic E-state index is 5.72. The molecule has 0 aromatic carbocycles. The molecule has 0 atom stereocenters. The number of rotatable bonds is 3. The Hall–Kier alpha value is -0.580. The molecule has 0 radical (unpaired) electrons. The van der Waals surface area contributed by atoms with Gasteiger partial charge in [-0.05, 0) is 18.9 Å². The van der Waals surface area contributed by atoms with E-state index in [1.165, 1.54) is 29.6 Å². The van der Waals surface area contributed by atoms with Crippen LogP contribution < -0.4 is 0 Å². The summed E-state index contributed by atoms with van der Waals surface area (Å²) in [5, 5.41) is 0. The fourth-order valence-electron chi connectivity index (χ4n) is 1.74. The average Bonchev–Trinajstić information content (AvgIpc) is 2.65. The third kappa shape index (κ3) is 2.97. The largest absolute Gasteiger partial charge is 0.213 e. The molecule has 0 nitrogen and oxygen atoms in total. The second-order valence-corrected chi connectivity index (χ2v) is 3.96. The maximum Gasteiger partial charge on any atom is -0.0277 e. The van der Waals surface area contributed by atoms with E-state index in [9.17, 15) is 0 Å². The van der Waals surface area contributed by atoms with E-state index in [2.05, 4.69) is 25.7 Å². The van der Waals surface area contributed by atoms with Crippen molar-refractivity contribution in [1.29, 1.82) is 0 Å². The maximum atomic E-state index is 5.72. The van der Waals surface area contributed by atoms with Crippen LogP contribution in [0, 0.1) is 5.88 Å². The molecule has 14 heavy (non-hydrogen) atoms. The van der Waals surface area contributed by atoms with Crippen LogP contribution in [-0.4, -0.2) is 0 Å². The van der Waals surface area contributed by atoms with E-state index in [1.807, 2.05) is 0 Å². The Morgan fingerprint density at radius 1 is 1.57 bits per heavy atom. The van der Waals surface area contributed by atoms with Crippen molar-refractivity contribution >= 4 is 11.6 Å². The van der Waals surface area contributed by atoms with E-state index in [4.69, 9.17) is 11.6 Å². The monoisotopic (exact) mass is 209 g/mol. The van der Waals surface area contributed by atoms with Gasteiger partial charge < -0.3 is 0 Å². The van der Waals surface area contributed by atoms with E-state index in [0.717, 1.165) is 19.3 Å². The van der Waals surface area contributed by atoms with Crippen LogP contribution in [0.15, 0.2) is 28.5 Å². The van der Waals surface area contributed by atoms with Gasteiger partial charge in [0.25, 0.3) is 0 Å². The summed E-state index contributed by atoms with van der Waals surface area (Å²) in [4.78, 5) is 0. The summed E-state index contributed by atoms with van der Waals surface area (Å²) < 4.78 is 0. The molecule has 1 aliphatic rings. The van der Waals surface area contributed by atoms with E-state index in [0.29, 0.717) is 0 Å². The normalized spacial score (nSPS) is 19.2. The minimum atomic E-state index is 1.13. The van der Waals surface area contributed by atoms with Crippen LogP contribution in [0.1, 0.15) is 46.0 Å². The van der Waals surface area contributed by atoms with Crippen molar-refractivity contribution in [3.05, 3.63) is 34.4 Å². The van der Waals surface area contributed by atoms with Crippen molar-refractivity contribution in [3.8, 4) is 0 Å². The summed E-state index contributed by atoms with van der Waals surface area (Å²) in [6, 6.07) is 0. The third-order valence-corrected chi connectivity index (χ3v) is 2.89. The molecule has 1 heteroatoms. The van der Waals surface area contributed by atoms with Gasteiger partial charge >= 0.3 is 0 Å². The van der Waals surface area contributed by atoms with Gasteiger partial charge in [0.15, 0.2) is 0 Å². The summed E-state index contributed by atoms with van der Waals surface area (Å²) >= 11 is 5.72. The highest BCUT2D eigenvalue weighted by Gasteiger charge is 2.06. The Kier molecular flexibility index (Phi) is 4.93. The molecule has 0 amide bonds. The first-order chi connectivity index (χ1) is 6.79. The van der Waals surface area contributed by atoms with Gasteiger partial charge in [-0.15, -0.1) is 11.6 Å². The van der Waals surface area contributed by atoms with E-state index >= 15 is 0 Å². The fraction of sp³-hybridized carbons (Fsp3) is 0.538. The highest BCUT2D eigenvalue weighted by atomic mass is 35.5. The Labute approximate surface area is 92.3 Å². The van der Waals surface area contributed by atoms with Gasteiger partial charge in [-0.3, -0.25) is 0 Å². The summed E-state index contributed by atoms with van der Waals surface area (Å²) in [5.74, 6) is 1.68. The lowest BCUT2D eigenvalue weighted by molar-refractivity contribution is 0.929. The van der Waals surface area contributed by atoms with Gasteiger partial charge in [0.05, 0.1) is 0 Å². The molecule has 0 N–H and O–H groups in total. The standard InChI is InChI=1S/C13H18Cl/c1-3-4-5-7-12-8-6-9-13(12)11(2)10-14/h5,10H,3-4,6,8-9H2,1-2H3/q-1/b13-11-. The number of hydrogen-bond acceptors (Lipinski definition) is 0. The van der Waals surface area contributed by atoms with Crippen molar-refractivity contribution in [2.75, 3.05) is 0 Å². The molecule has 0 saturated heterocycles. The predicted octanol–water partition coefficient (Wildman–Crippen LogP) is 4.77. The van der Waals surface area contributed by atoms with Crippen molar-refractivity contribution < 1.29 is 0 Å². The zero-order valence-electron chi connectivity index (χ0n) is 9.07. The topological polar surface area (TPSA) is 0 Å². The number of hydrogen-bond donors (Lipinski definition) is 0. The molecule has 0 aliphatic heterocycles. The molecule has 1 rings (SSSR count). The Morgan fingerprint density at radius 2 is 2.36 bits per heavy atom. The minimum Gasteiger partial charge on any atom is -0.213 e. The molecule has 0 aromatic rings. The van der Waals surface area contributed by atoms with Crippen LogP contribution in [0.3, 0.4) is 0 Å². The van der Waals surface area contributed by atoms with Gasteiger partial charge in [-0.2, -0.15) is 11.1 Å². The molecule has 0 spiro atoms. The molecule has 1 saturated carbocycles. The van der Waals surface area contributed by atoms with Crippen LogP contribution in [0.2, 0.25) is 0 Å². The molecule has 0 bridgehead atoms. The molecule has 1 aliphatic carbocycles. The van der Waals surface area contributed by atoms with Crippen LogP contribution in [-0.2, 0) is 0 Å². The Bertz CT molecular complexity index is 278. The number of allylic oxidation sites excluding steroid dienone is 3. The zero-order chi connectivity index (χ0) is 10.4. The molecule has 0 unspecified atom stereocenters. The zero-order valence-corrected chi connectivity index (χ0v) is 9.82. The van der Waals surface area contributed by atoms with E-state index in [1.54, 1.807) is 5.88 Å². The lowest BCUT2D eigenvalue weighted by atomic mass is 10.1. The first-order valence-electron chi connectivity index (χ1n) is 5.37.